The van der Waals surface area contributed by atoms with E-state index in [1.54, 1.807) is 23.6 Å². The zero-order valence-corrected chi connectivity index (χ0v) is 13.4. The number of rotatable bonds is 6. The maximum atomic E-state index is 11.8. The SMILES string of the molecule is O=C(Nc1cccc(NCCCO)n1)Nc1csc(Br)n1. The van der Waals surface area contributed by atoms with Gasteiger partial charge in [0, 0.05) is 18.5 Å². The van der Waals surface area contributed by atoms with Crippen molar-refractivity contribution >= 4 is 50.8 Å². The lowest BCUT2D eigenvalue weighted by atomic mass is 10.4. The molecule has 7 nitrogen and oxygen atoms in total. The number of urea groups is 1. The van der Waals surface area contributed by atoms with Crippen LogP contribution in [0.4, 0.5) is 22.2 Å². The van der Waals surface area contributed by atoms with Crippen LogP contribution in [0.3, 0.4) is 0 Å². The maximum absolute atomic E-state index is 11.8. The van der Waals surface area contributed by atoms with E-state index in [2.05, 4.69) is 41.8 Å². The number of halogens is 1. The second-order valence-corrected chi connectivity index (χ2v) is 6.11. The number of nitrogens with one attached hydrogen (secondary N) is 3. The summed E-state index contributed by atoms with van der Waals surface area (Å²) in [6.45, 7) is 0.739. The van der Waals surface area contributed by atoms with E-state index in [4.69, 9.17) is 5.11 Å². The first kappa shape index (κ1) is 15.7. The number of aliphatic hydroxyl groups excluding tert-OH is 1. The molecule has 2 rings (SSSR count). The summed E-state index contributed by atoms with van der Waals surface area (Å²) in [7, 11) is 0. The Kier molecular flexibility index (Phi) is 5.90. The average molecular weight is 372 g/mol. The van der Waals surface area contributed by atoms with Crippen molar-refractivity contribution in [1.29, 1.82) is 0 Å². The topological polar surface area (TPSA) is 99.2 Å². The fourth-order valence-electron chi connectivity index (χ4n) is 1.47. The van der Waals surface area contributed by atoms with Crippen LogP contribution < -0.4 is 16.0 Å². The monoisotopic (exact) mass is 371 g/mol. The summed E-state index contributed by atoms with van der Waals surface area (Å²) in [6, 6.07) is 4.85. The molecule has 0 spiro atoms. The zero-order valence-electron chi connectivity index (χ0n) is 11.0. The van der Waals surface area contributed by atoms with Gasteiger partial charge in [0.25, 0.3) is 0 Å². The number of nitrogens with zero attached hydrogens (tertiary/aromatic N) is 2. The Bertz CT molecular complexity index is 607. The number of aromatic nitrogens is 2. The summed E-state index contributed by atoms with van der Waals surface area (Å²) >= 11 is 4.61. The van der Waals surface area contributed by atoms with Crippen molar-refractivity contribution in [3.8, 4) is 0 Å². The Morgan fingerprint density at radius 3 is 2.71 bits per heavy atom. The van der Waals surface area contributed by atoms with Gasteiger partial charge in [-0.3, -0.25) is 10.6 Å². The van der Waals surface area contributed by atoms with Crippen molar-refractivity contribution in [2.75, 3.05) is 29.1 Å². The molecule has 0 bridgehead atoms. The molecule has 112 valence electrons. The minimum Gasteiger partial charge on any atom is -0.396 e. The van der Waals surface area contributed by atoms with Gasteiger partial charge >= 0.3 is 6.03 Å². The summed E-state index contributed by atoms with van der Waals surface area (Å²) in [5.74, 6) is 1.54. The molecule has 0 radical (unpaired) electrons. The highest BCUT2D eigenvalue weighted by molar-refractivity contribution is 9.11. The first-order valence-electron chi connectivity index (χ1n) is 6.18. The highest BCUT2D eigenvalue weighted by Gasteiger charge is 2.06. The molecule has 0 fully saturated rings. The molecule has 4 N–H and O–H groups in total. The van der Waals surface area contributed by atoms with Crippen LogP contribution in [-0.4, -0.2) is 34.3 Å². The summed E-state index contributed by atoms with van der Waals surface area (Å²) in [5.41, 5.74) is 0. The van der Waals surface area contributed by atoms with Crippen LogP contribution in [0.1, 0.15) is 6.42 Å². The molecule has 2 amide bonds. The number of thiazole rings is 1. The van der Waals surface area contributed by atoms with Crippen LogP contribution in [0.5, 0.6) is 0 Å². The Labute approximate surface area is 134 Å². The number of pyridine rings is 1. The van der Waals surface area contributed by atoms with Gasteiger partial charge < -0.3 is 10.4 Å². The van der Waals surface area contributed by atoms with E-state index >= 15 is 0 Å². The van der Waals surface area contributed by atoms with Gasteiger partial charge in [-0.25, -0.2) is 14.8 Å². The molecule has 0 aliphatic carbocycles. The van der Waals surface area contributed by atoms with Crippen molar-refractivity contribution in [3.63, 3.8) is 0 Å². The molecule has 2 aromatic rings. The van der Waals surface area contributed by atoms with Gasteiger partial charge in [0.05, 0.1) is 0 Å². The smallest absolute Gasteiger partial charge is 0.326 e. The van der Waals surface area contributed by atoms with Crippen LogP contribution in [-0.2, 0) is 0 Å². The summed E-state index contributed by atoms with van der Waals surface area (Å²) in [4.78, 5) is 20.1. The highest BCUT2D eigenvalue weighted by Crippen LogP contribution is 2.19. The molecular formula is C12H14BrN5O2S. The number of carbonyl (C=O) groups is 1. The normalized spacial score (nSPS) is 10.2. The van der Waals surface area contributed by atoms with Crippen LogP contribution in [0.15, 0.2) is 27.5 Å². The lowest BCUT2D eigenvalue weighted by molar-refractivity contribution is 0.262. The molecule has 9 heteroatoms. The molecule has 0 saturated carbocycles. The van der Waals surface area contributed by atoms with Crippen LogP contribution in [0, 0.1) is 0 Å². The summed E-state index contributed by atoms with van der Waals surface area (Å²) in [6.07, 6.45) is 0.637. The van der Waals surface area contributed by atoms with E-state index in [0.29, 0.717) is 34.3 Å². The number of aliphatic hydroxyl groups is 1. The average Bonchev–Trinajstić information content (AvgIpc) is 2.84. The van der Waals surface area contributed by atoms with Gasteiger partial charge in [0.1, 0.15) is 17.5 Å². The zero-order chi connectivity index (χ0) is 15.1. The van der Waals surface area contributed by atoms with Crippen molar-refractivity contribution in [2.45, 2.75) is 6.42 Å². The van der Waals surface area contributed by atoms with Crippen molar-refractivity contribution < 1.29 is 9.90 Å². The van der Waals surface area contributed by atoms with Crippen molar-refractivity contribution in [2.24, 2.45) is 0 Å². The lowest BCUT2D eigenvalue weighted by Gasteiger charge is -2.08. The van der Waals surface area contributed by atoms with Gasteiger partial charge in [-0.2, -0.15) is 0 Å². The Morgan fingerprint density at radius 1 is 1.24 bits per heavy atom. The fraction of sp³-hybridized carbons (Fsp3) is 0.250. The van der Waals surface area contributed by atoms with Crippen molar-refractivity contribution in [1.82, 2.24) is 9.97 Å². The molecule has 2 aromatic heterocycles. The van der Waals surface area contributed by atoms with Gasteiger partial charge in [0.2, 0.25) is 0 Å². The molecule has 21 heavy (non-hydrogen) atoms. The minimum atomic E-state index is -0.409. The van der Waals surface area contributed by atoms with Crippen LogP contribution in [0.25, 0.3) is 0 Å². The van der Waals surface area contributed by atoms with E-state index in [9.17, 15) is 4.79 Å². The molecule has 0 unspecified atom stereocenters. The van der Waals surface area contributed by atoms with Crippen LogP contribution >= 0.6 is 27.3 Å². The Morgan fingerprint density at radius 2 is 2.00 bits per heavy atom. The van der Waals surface area contributed by atoms with E-state index in [0.717, 1.165) is 0 Å². The van der Waals surface area contributed by atoms with Crippen LogP contribution in [0.2, 0.25) is 0 Å². The lowest BCUT2D eigenvalue weighted by Crippen LogP contribution is -2.20. The maximum Gasteiger partial charge on any atom is 0.326 e. The van der Waals surface area contributed by atoms with E-state index in [-0.39, 0.29) is 6.61 Å². The van der Waals surface area contributed by atoms with E-state index in [1.807, 2.05) is 0 Å². The minimum absolute atomic E-state index is 0.122. The molecule has 0 aliphatic heterocycles. The molecular weight excluding hydrogens is 358 g/mol. The number of hydrogen-bond acceptors (Lipinski definition) is 6. The number of amides is 2. The molecule has 2 heterocycles. The number of carbonyl (C=O) groups excluding carboxylic acids is 1. The Balaban J connectivity index is 1.89. The quantitative estimate of drug-likeness (QED) is 0.585. The van der Waals surface area contributed by atoms with E-state index < -0.39 is 6.03 Å². The summed E-state index contributed by atoms with van der Waals surface area (Å²) in [5, 5.41) is 18.7. The fourth-order valence-corrected chi connectivity index (χ4v) is 2.41. The highest BCUT2D eigenvalue weighted by atomic mass is 79.9. The first-order chi connectivity index (χ1) is 10.2. The molecule has 0 aliphatic rings. The van der Waals surface area contributed by atoms with Gasteiger partial charge in [-0.05, 0) is 34.5 Å². The number of hydrogen-bond donors (Lipinski definition) is 4. The predicted molar refractivity (Wildman–Crippen MR) is 86.9 cm³/mol. The molecule has 0 aromatic carbocycles. The first-order valence-corrected chi connectivity index (χ1v) is 7.85. The summed E-state index contributed by atoms with van der Waals surface area (Å²) < 4.78 is 0.700. The molecule has 0 atom stereocenters. The standard InChI is InChI=1S/C12H14BrN5O2S/c13-11-16-10(7-21-11)18-12(20)17-9-4-1-3-8(15-9)14-5-2-6-19/h1,3-4,7,19H,2,5-6H2,(H3,14,15,17,18,20). The van der Waals surface area contributed by atoms with Gasteiger partial charge in [-0.15, -0.1) is 11.3 Å². The second kappa shape index (κ2) is 7.91. The van der Waals surface area contributed by atoms with E-state index in [1.165, 1.54) is 11.3 Å². The Hall–Kier alpha value is -1.71. The van der Waals surface area contributed by atoms with Crippen molar-refractivity contribution in [3.05, 3.63) is 27.5 Å². The predicted octanol–water partition coefficient (Wildman–Crippen LogP) is 2.74. The second-order valence-electron chi connectivity index (χ2n) is 3.98. The third kappa shape index (κ3) is 5.29. The van der Waals surface area contributed by atoms with Gasteiger partial charge in [-0.1, -0.05) is 6.07 Å². The third-order valence-corrected chi connectivity index (χ3v) is 3.71. The largest absolute Gasteiger partial charge is 0.396 e. The third-order valence-electron chi connectivity index (χ3n) is 2.35. The van der Waals surface area contributed by atoms with Gasteiger partial charge in [0.15, 0.2) is 3.92 Å². The number of anilines is 3. The molecule has 0 saturated heterocycles.